The molecular formula is C20H23N3OS. The number of pyridine rings is 1. The highest BCUT2D eigenvalue weighted by Crippen LogP contribution is 2.40. The molecule has 0 bridgehead atoms. The highest BCUT2D eigenvalue weighted by Gasteiger charge is 2.31. The fourth-order valence-electron chi connectivity index (χ4n) is 3.60. The number of rotatable bonds is 4. The van der Waals surface area contributed by atoms with E-state index in [0.717, 1.165) is 29.2 Å². The minimum absolute atomic E-state index is 0.215. The molecule has 3 heterocycles. The van der Waals surface area contributed by atoms with Gasteiger partial charge >= 0.3 is 0 Å². The number of anilines is 1. The zero-order valence-corrected chi connectivity index (χ0v) is 15.4. The molecule has 0 spiro atoms. The van der Waals surface area contributed by atoms with Crippen LogP contribution in [0.15, 0.2) is 42.6 Å². The molecule has 25 heavy (non-hydrogen) atoms. The molecule has 2 aromatic heterocycles. The standard InChI is InChI=1S/C20H23N3OS/c1-13-14(2)23-9-8-16-12-17(25-11-10-24)18(15-6-4-3-5-7-15)22-19(16)20(23)21-13/h3-9,17-18,22,24H,10-12H2,1-2H3/t17-,18-/m1/s1. The molecule has 1 aromatic carbocycles. The zero-order valence-electron chi connectivity index (χ0n) is 14.6. The highest BCUT2D eigenvalue weighted by molar-refractivity contribution is 7.99. The monoisotopic (exact) mass is 353 g/mol. The summed E-state index contributed by atoms with van der Waals surface area (Å²) < 4.78 is 2.17. The fraction of sp³-hybridized carbons (Fsp3) is 0.350. The van der Waals surface area contributed by atoms with Gasteiger partial charge in [0.2, 0.25) is 0 Å². The SMILES string of the molecule is Cc1nc2c3c(ccn2c1C)C[C@@H](SCCO)[C@@H](c1ccccc1)N3. The summed E-state index contributed by atoms with van der Waals surface area (Å²) in [6.07, 6.45) is 3.11. The number of aryl methyl sites for hydroxylation is 2. The van der Waals surface area contributed by atoms with Gasteiger partial charge in [0, 0.05) is 22.9 Å². The molecule has 2 N–H and O–H groups in total. The van der Waals surface area contributed by atoms with Gasteiger partial charge in [-0.25, -0.2) is 4.98 Å². The molecule has 0 radical (unpaired) electrons. The molecule has 0 amide bonds. The van der Waals surface area contributed by atoms with E-state index in [1.165, 1.54) is 16.8 Å². The molecule has 0 aliphatic carbocycles. The molecule has 3 aromatic rings. The van der Waals surface area contributed by atoms with E-state index in [1.807, 2.05) is 11.8 Å². The van der Waals surface area contributed by atoms with Gasteiger partial charge in [0.1, 0.15) is 0 Å². The first kappa shape index (κ1) is 16.5. The summed E-state index contributed by atoms with van der Waals surface area (Å²) in [5.74, 6) is 0.759. The van der Waals surface area contributed by atoms with Gasteiger partial charge in [-0.3, -0.25) is 0 Å². The second-order valence-electron chi connectivity index (χ2n) is 6.56. The molecule has 0 unspecified atom stereocenters. The lowest BCUT2D eigenvalue weighted by Crippen LogP contribution is -2.31. The van der Waals surface area contributed by atoms with E-state index in [0.29, 0.717) is 5.25 Å². The number of aliphatic hydroxyl groups is 1. The van der Waals surface area contributed by atoms with Crippen LogP contribution in [0.1, 0.15) is 28.6 Å². The maximum Gasteiger partial charge on any atom is 0.161 e. The van der Waals surface area contributed by atoms with Gasteiger partial charge in [0.05, 0.1) is 24.0 Å². The predicted molar refractivity (Wildman–Crippen MR) is 105 cm³/mol. The fourth-order valence-corrected chi connectivity index (χ4v) is 4.73. The average molecular weight is 353 g/mol. The first-order chi connectivity index (χ1) is 12.2. The first-order valence-corrected chi connectivity index (χ1v) is 9.75. The molecule has 4 rings (SSSR count). The number of imidazole rings is 1. The van der Waals surface area contributed by atoms with Gasteiger partial charge in [-0.2, -0.15) is 11.8 Å². The number of fused-ring (bicyclic) bond motifs is 3. The largest absolute Gasteiger partial charge is 0.396 e. The van der Waals surface area contributed by atoms with Crippen LogP contribution in [0.4, 0.5) is 5.69 Å². The lowest BCUT2D eigenvalue weighted by molar-refractivity contribution is 0.322. The van der Waals surface area contributed by atoms with Crippen molar-refractivity contribution in [1.82, 2.24) is 9.38 Å². The van der Waals surface area contributed by atoms with E-state index in [2.05, 4.69) is 66.2 Å². The van der Waals surface area contributed by atoms with Crippen molar-refractivity contribution in [3.63, 3.8) is 0 Å². The number of aromatic nitrogens is 2. The summed E-state index contributed by atoms with van der Waals surface area (Å²) in [7, 11) is 0. The van der Waals surface area contributed by atoms with E-state index >= 15 is 0 Å². The molecular weight excluding hydrogens is 330 g/mol. The van der Waals surface area contributed by atoms with Crippen molar-refractivity contribution >= 4 is 23.1 Å². The predicted octanol–water partition coefficient (Wildman–Crippen LogP) is 3.75. The van der Waals surface area contributed by atoms with Gasteiger partial charge in [-0.15, -0.1) is 0 Å². The second-order valence-corrected chi connectivity index (χ2v) is 7.91. The second kappa shape index (κ2) is 6.73. The van der Waals surface area contributed by atoms with Crippen LogP contribution < -0.4 is 5.32 Å². The Morgan fingerprint density at radius 2 is 2.04 bits per heavy atom. The Balaban J connectivity index is 1.79. The molecule has 0 fully saturated rings. The molecule has 5 heteroatoms. The van der Waals surface area contributed by atoms with Crippen molar-refractivity contribution in [2.45, 2.75) is 31.6 Å². The molecule has 4 nitrogen and oxygen atoms in total. The summed E-state index contributed by atoms with van der Waals surface area (Å²) >= 11 is 1.84. The van der Waals surface area contributed by atoms with Crippen LogP contribution in [-0.2, 0) is 6.42 Å². The number of aliphatic hydroxyl groups excluding tert-OH is 1. The topological polar surface area (TPSA) is 49.6 Å². The third-order valence-corrected chi connectivity index (χ3v) is 6.32. The van der Waals surface area contributed by atoms with Crippen LogP contribution in [-0.4, -0.2) is 32.1 Å². The van der Waals surface area contributed by atoms with E-state index in [-0.39, 0.29) is 12.6 Å². The lowest BCUT2D eigenvalue weighted by atomic mass is 9.93. The quantitative estimate of drug-likeness (QED) is 0.750. The maximum absolute atomic E-state index is 9.27. The van der Waals surface area contributed by atoms with Gasteiger partial charge in [0.25, 0.3) is 0 Å². The molecule has 1 aliphatic heterocycles. The van der Waals surface area contributed by atoms with Crippen LogP contribution in [0.5, 0.6) is 0 Å². The van der Waals surface area contributed by atoms with Crippen LogP contribution in [0.2, 0.25) is 0 Å². The van der Waals surface area contributed by atoms with Crippen LogP contribution in [0.3, 0.4) is 0 Å². The summed E-state index contributed by atoms with van der Waals surface area (Å²) in [4.78, 5) is 4.79. The summed E-state index contributed by atoms with van der Waals surface area (Å²) in [6.45, 7) is 4.39. The molecule has 0 saturated carbocycles. The van der Waals surface area contributed by atoms with Crippen LogP contribution in [0, 0.1) is 13.8 Å². The summed E-state index contributed by atoms with van der Waals surface area (Å²) in [5, 5.41) is 13.4. The van der Waals surface area contributed by atoms with Crippen molar-refractivity contribution in [2.75, 3.05) is 17.7 Å². The Morgan fingerprint density at radius 1 is 1.24 bits per heavy atom. The first-order valence-electron chi connectivity index (χ1n) is 8.70. The molecule has 2 atom stereocenters. The number of hydrogen-bond donors (Lipinski definition) is 2. The number of nitrogens with one attached hydrogen (secondary N) is 1. The van der Waals surface area contributed by atoms with E-state index in [4.69, 9.17) is 4.98 Å². The van der Waals surface area contributed by atoms with Gasteiger partial charge in [-0.1, -0.05) is 30.3 Å². The lowest BCUT2D eigenvalue weighted by Gasteiger charge is -2.35. The summed E-state index contributed by atoms with van der Waals surface area (Å²) in [6, 6.07) is 13.0. The molecule has 130 valence electrons. The Labute approximate surface area is 152 Å². The summed E-state index contributed by atoms with van der Waals surface area (Å²) in [5.41, 5.74) is 7.01. The van der Waals surface area contributed by atoms with Gasteiger partial charge in [-0.05, 0) is 37.5 Å². The average Bonchev–Trinajstić information content (AvgIpc) is 2.94. The minimum Gasteiger partial charge on any atom is -0.396 e. The van der Waals surface area contributed by atoms with Crippen molar-refractivity contribution in [3.05, 3.63) is 65.1 Å². The normalized spacial score (nSPS) is 19.6. The van der Waals surface area contributed by atoms with E-state index < -0.39 is 0 Å². The number of thioether (sulfide) groups is 1. The molecule has 0 saturated heterocycles. The van der Waals surface area contributed by atoms with Crippen molar-refractivity contribution in [1.29, 1.82) is 0 Å². The number of benzene rings is 1. The van der Waals surface area contributed by atoms with Crippen molar-refractivity contribution in [3.8, 4) is 0 Å². The minimum atomic E-state index is 0.215. The Kier molecular flexibility index (Phi) is 4.44. The Morgan fingerprint density at radius 3 is 2.80 bits per heavy atom. The maximum atomic E-state index is 9.27. The Bertz CT molecular complexity index is 891. The van der Waals surface area contributed by atoms with Crippen molar-refractivity contribution < 1.29 is 5.11 Å². The number of nitrogens with zero attached hydrogens (tertiary/aromatic N) is 2. The van der Waals surface area contributed by atoms with E-state index in [9.17, 15) is 5.11 Å². The van der Waals surface area contributed by atoms with Crippen LogP contribution in [0.25, 0.3) is 5.65 Å². The third-order valence-electron chi connectivity index (χ3n) is 5.03. The van der Waals surface area contributed by atoms with Gasteiger partial charge in [0.15, 0.2) is 5.65 Å². The smallest absolute Gasteiger partial charge is 0.161 e. The third kappa shape index (κ3) is 2.92. The highest BCUT2D eigenvalue weighted by atomic mass is 32.2. The zero-order chi connectivity index (χ0) is 17.4. The molecule has 1 aliphatic rings. The number of hydrogen-bond acceptors (Lipinski definition) is 4. The van der Waals surface area contributed by atoms with E-state index in [1.54, 1.807) is 0 Å². The van der Waals surface area contributed by atoms with Crippen LogP contribution >= 0.6 is 11.8 Å². The van der Waals surface area contributed by atoms with Crippen molar-refractivity contribution in [2.24, 2.45) is 0 Å². The Hall–Kier alpha value is -1.98. The van der Waals surface area contributed by atoms with Gasteiger partial charge < -0.3 is 14.8 Å².